The molecule has 1 atom stereocenters. The lowest BCUT2D eigenvalue weighted by Crippen LogP contribution is -2.42. The van der Waals surface area contributed by atoms with Crippen molar-refractivity contribution in [2.24, 2.45) is 5.92 Å². The van der Waals surface area contributed by atoms with Crippen molar-refractivity contribution in [3.63, 3.8) is 0 Å². The summed E-state index contributed by atoms with van der Waals surface area (Å²) >= 11 is 0. The molecule has 1 aliphatic rings. The topological polar surface area (TPSA) is 66.5 Å². The van der Waals surface area contributed by atoms with E-state index in [0.29, 0.717) is 24.6 Å². The van der Waals surface area contributed by atoms with Gasteiger partial charge in [-0.1, -0.05) is 42.5 Å². The van der Waals surface area contributed by atoms with Crippen molar-refractivity contribution < 1.29 is 13.2 Å². The first-order valence-corrected chi connectivity index (χ1v) is 10.3. The van der Waals surface area contributed by atoms with Crippen LogP contribution < -0.4 is 5.32 Å². The Labute approximate surface area is 155 Å². The Morgan fingerprint density at radius 2 is 1.81 bits per heavy atom. The molecule has 1 fully saturated rings. The number of hydrogen-bond donors (Lipinski definition) is 1. The van der Waals surface area contributed by atoms with Crippen molar-refractivity contribution in [3.8, 4) is 0 Å². The molecule has 0 amide bonds. The van der Waals surface area contributed by atoms with Crippen LogP contribution in [0.1, 0.15) is 28.8 Å². The largest absolute Gasteiger partial charge is 0.319 e. The highest BCUT2D eigenvalue weighted by Crippen LogP contribution is 2.27. The van der Waals surface area contributed by atoms with Crippen LogP contribution in [0.15, 0.2) is 59.5 Å². The lowest BCUT2D eigenvalue weighted by molar-refractivity contribution is 0.103. The van der Waals surface area contributed by atoms with Crippen LogP contribution in [-0.4, -0.2) is 45.2 Å². The van der Waals surface area contributed by atoms with Gasteiger partial charge in [0.2, 0.25) is 10.0 Å². The van der Waals surface area contributed by atoms with Gasteiger partial charge in [0.05, 0.1) is 4.90 Å². The van der Waals surface area contributed by atoms with Crippen molar-refractivity contribution in [1.82, 2.24) is 9.62 Å². The molecule has 1 heterocycles. The molecule has 5 nitrogen and oxygen atoms in total. The fraction of sp³-hybridized carbons (Fsp3) is 0.350. The normalized spacial score (nSPS) is 18.6. The summed E-state index contributed by atoms with van der Waals surface area (Å²) in [7, 11) is -1.84. The van der Waals surface area contributed by atoms with Crippen LogP contribution >= 0.6 is 0 Å². The molecule has 1 unspecified atom stereocenters. The van der Waals surface area contributed by atoms with Gasteiger partial charge in [0.1, 0.15) is 0 Å². The lowest BCUT2D eigenvalue weighted by atomic mass is 10.00. The molecule has 2 aromatic carbocycles. The molecule has 0 spiro atoms. The Hall–Kier alpha value is -2.02. The number of ketones is 1. The van der Waals surface area contributed by atoms with Crippen molar-refractivity contribution in [2.75, 3.05) is 26.7 Å². The van der Waals surface area contributed by atoms with Gasteiger partial charge in [-0.3, -0.25) is 4.79 Å². The molecule has 1 N–H and O–H groups in total. The van der Waals surface area contributed by atoms with Gasteiger partial charge in [-0.25, -0.2) is 8.42 Å². The highest BCUT2D eigenvalue weighted by atomic mass is 32.2. The van der Waals surface area contributed by atoms with E-state index in [-0.39, 0.29) is 16.2 Å². The predicted octanol–water partition coefficient (Wildman–Crippen LogP) is 2.54. The minimum Gasteiger partial charge on any atom is -0.319 e. The Kier molecular flexibility index (Phi) is 5.86. The van der Waals surface area contributed by atoms with E-state index in [0.717, 1.165) is 19.4 Å². The quantitative estimate of drug-likeness (QED) is 0.792. The molecule has 0 aromatic heterocycles. The van der Waals surface area contributed by atoms with Crippen molar-refractivity contribution in [2.45, 2.75) is 17.7 Å². The zero-order valence-electron chi connectivity index (χ0n) is 14.9. The lowest BCUT2D eigenvalue weighted by Gasteiger charge is -2.32. The first-order chi connectivity index (χ1) is 12.5. The molecular weight excluding hydrogens is 348 g/mol. The number of nitrogens with one attached hydrogen (secondary N) is 1. The second-order valence-corrected chi connectivity index (χ2v) is 8.53. The third kappa shape index (κ3) is 3.87. The minimum atomic E-state index is -3.71. The zero-order valence-corrected chi connectivity index (χ0v) is 15.7. The van der Waals surface area contributed by atoms with E-state index in [4.69, 9.17) is 0 Å². The molecule has 0 aliphatic carbocycles. The van der Waals surface area contributed by atoms with Gasteiger partial charge in [0.25, 0.3) is 0 Å². The Bertz CT molecular complexity index is 864. The summed E-state index contributed by atoms with van der Waals surface area (Å²) in [6.07, 6.45) is 1.85. The van der Waals surface area contributed by atoms with E-state index in [1.54, 1.807) is 42.5 Å². The summed E-state index contributed by atoms with van der Waals surface area (Å²) in [5.41, 5.74) is 0.719. The maximum atomic E-state index is 13.2. The van der Waals surface area contributed by atoms with E-state index in [1.165, 1.54) is 10.4 Å². The number of hydrogen-bond acceptors (Lipinski definition) is 4. The van der Waals surface area contributed by atoms with Crippen LogP contribution in [0, 0.1) is 5.92 Å². The van der Waals surface area contributed by atoms with Gasteiger partial charge in [-0.05, 0) is 44.5 Å². The molecule has 1 saturated heterocycles. The maximum Gasteiger partial charge on any atom is 0.243 e. The number of carbonyl (C=O) groups excluding carboxylic acids is 1. The van der Waals surface area contributed by atoms with Gasteiger partial charge in [-0.15, -0.1) is 0 Å². The summed E-state index contributed by atoms with van der Waals surface area (Å²) in [6, 6.07) is 15.3. The van der Waals surface area contributed by atoms with Crippen molar-refractivity contribution >= 4 is 15.8 Å². The SMILES string of the molecule is CNCC1CCCN(S(=O)(=O)c2ccccc2C(=O)c2ccccc2)C1. The molecule has 2 aromatic rings. The molecule has 0 radical (unpaired) electrons. The molecule has 138 valence electrons. The summed E-state index contributed by atoms with van der Waals surface area (Å²) < 4.78 is 28.0. The van der Waals surface area contributed by atoms with Crippen molar-refractivity contribution in [1.29, 1.82) is 0 Å². The average Bonchev–Trinajstić information content (AvgIpc) is 2.68. The van der Waals surface area contributed by atoms with E-state index >= 15 is 0 Å². The summed E-state index contributed by atoms with van der Waals surface area (Å²) in [4.78, 5) is 13.0. The third-order valence-corrected chi connectivity index (χ3v) is 6.68. The first-order valence-electron chi connectivity index (χ1n) is 8.87. The van der Waals surface area contributed by atoms with Crippen LogP contribution in [0.25, 0.3) is 0 Å². The minimum absolute atomic E-state index is 0.0963. The number of nitrogens with zero attached hydrogens (tertiary/aromatic N) is 1. The van der Waals surface area contributed by atoms with E-state index in [1.807, 2.05) is 13.1 Å². The average molecular weight is 372 g/mol. The highest BCUT2D eigenvalue weighted by molar-refractivity contribution is 7.89. The molecule has 6 heteroatoms. The predicted molar refractivity (Wildman–Crippen MR) is 102 cm³/mol. The fourth-order valence-electron chi connectivity index (χ4n) is 3.46. The van der Waals surface area contributed by atoms with E-state index in [9.17, 15) is 13.2 Å². The smallest absolute Gasteiger partial charge is 0.243 e. The molecule has 1 aliphatic heterocycles. The Balaban J connectivity index is 1.95. The monoisotopic (exact) mass is 372 g/mol. The summed E-state index contributed by atoms with van der Waals surface area (Å²) in [5.74, 6) is 0.0223. The highest BCUT2D eigenvalue weighted by Gasteiger charge is 2.32. The van der Waals surface area contributed by atoms with Crippen LogP contribution in [0.5, 0.6) is 0 Å². The van der Waals surface area contributed by atoms with Crippen LogP contribution in [-0.2, 0) is 10.0 Å². The van der Waals surface area contributed by atoms with Crippen LogP contribution in [0.3, 0.4) is 0 Å². The van der Waals surface area contributed by atoms with Gasteiger partial charge in [-0.2, -0.15) is 4.31 Å². The summed E-state index contributed by atoms with van der Waals surface area (Å²) in [6.45, 7) is 1.77. The molecule has 3 rings (SSSR count). The van der Waals surface area contributed by atoms with Gasteiger partial charge < -0.3 is 5.32 Å². The first kappa shape index (κ1) is 18.8. The number of carbonyl (C=O) groups is 1. The molecule has 0 saturated carbocycles. The van der Waals surface area contributed by atoms with Crippen LogP contribution in [0.2, 0.25) is 0 Å². The van der Waals surface area contributed by atoms with E-state index in [2.05, 4.69) is 5.32 Å². The van der Waals surface area contributed by atoms with Gasteiger partial charge in [0, 0.05) is 24.2 Å². The molecule has 0 bridgehead atoms. The summed E-state index contributed by atoms with van der Waals surface area (Å²) in [5, 5.41) is 3.12. The number of rotatable bonds is 6. The third-order valence-electron chi connectivity index (χ3n) is 4.76. The number of piperidine rings is 1. The number of sulfonamides is 1. The molecule has 26 heavy (non-hydrogen) atoms. The standard InChI is InChI=1S/C20H24N2O3S/c1-21-14-16-8-7-13-22(15-16)26(24,25)19-12-6-5-11-18(19)20(23)17-9-3-2-4-10-17/h2-6,9-12,16,21H,7-8,13-15H2,1H3. The zero-order chi connectivity index (χ0) is 18.6. The fourth-order valence-corrected chi connectivity index (χ4v) is 5.21. The van der Waals surface area contributed by atoms with E-state index < -0.39 is 10.0 Å². The second-order valence-electron chi connectivity index (χ2n) is 6.62. The van der Waals surface area contributed by atoms with Gasteiger partial charge in [0.15, 0.2) is 5.78 Å². The van der Waals surface area contributed by atoms with Crippen LogP contribution in [0.4, 0.5) is 0 Å². The Morgan fingerprint density at radius 1 is 1.12 bits per heavy atom. The Morgan fingerprint density at radius 3 is 2.54 bits per heavy atom. The second kappa shape index (κ2) is 8.12. The van der Waals surface area contributed by atoms with Gasteiger partial charge >= 0.3 is 0 Å². The number of benzene rings is 2. The maximum absolute atomic E-state index is 13.2. The molecular formula is C20H24N2O3S. The van der Waals surface area contributed by atoms with Crippen molar-refractivity contribution in [3.05, 3.63) is 65.7 Å².